The van der Waals surface area contributed by atoms with Crippen molar-refractivity contribution in [2.45, 2.75) is 43.8 Å². The van der Waals surface area contributed by atoms with Crippen LogP contribution in [0.3, 0.4) is 0 Å². The molecule has 4 amide bonds. The Kier molecular flexibility index (Phi) is 6.55. The van der Waals surface area contributed by atoms with Gasteiger partial charge in [0.15, 0.2) is 5.16 Å². The highest BCUT2D eigenvalue weighted by atomic mass is 32.2. The van der Waals surface area contributed by atoms with E-state index in [9.17, 15) is 14.4 Å². The van der Waals surface area contributed by atoms with E-state index in [-0.39, 0.29) is 24.3 Å². The number of aromatic nitrogens is 3. The van der Waals surface area contributed by atoms with Crippen molar-refractivity contribution in [3.8, 4) is 5.69 Å². The van der Waals surface area contributed by atoms with Gasteiger partial charge >= 0.3 is 6.03 Å². The largest absolute Gasteiger partial charge is 0.342 e. The number of para-hydroxylation sites is 1. The summed E-state index contributed by atoms with van der Waals surface area (Å²) in [5.74, 6) is 1.39. The number of carbonyl (C=O) groups is 3. The fraction of sp³-hybridized carbons (Fsp3) is 0.476. The van der Waals surface area contributed by atoms with E-state index in [0.29, 0.717) is 29.1 Å². The van der Waals surface area contributed by atoms with E-state index in [1.54, 1.807) is 0 Å². The van der Waals surface area contributed by atoms with Crippen LogP contribution in [0.2, 0.25) is 0 Å². The molecule has 4 rings (SSSR count). The number of thioether (sulfide) groups is 1. The number of likely N-dealkylation sites (tertiary alicyclic amines) is 1. The topological polar surface area (TPSA) is 109 Å². The number of nitrogens with zero attached hydrogens (tertiary/aromatic N) is 4. The summed E-state index contributed by atoms with van der Waals surface area (Å²) in [6.45, 7) is 3.83. The molecule has 164 valence electrons. The number of piperidine rings is 1. The number of benzene rings is 1. The summed E-state index contributed by atoms with van der Waals surface area (Å²) in [6.07, 6.45) is 2.63. The Hall–Kier alpha value is -2.88. The Bertz CT molecular complexity index is 939. The van der Waals surface area contributed by atoms with Crippen LogP contribution in [-0.4, -0.2) is 62.4 Å². The highest BCUT2D eigenvalue weighted by molar-refractivity contribution is 7.99. The first kappa shape index (κ1) is 21.4. The van der Waals surface area contributed by atoms with Crippen molar-refractivity contribution in [1.82, 2.24) is 30.3 Å². The van der Waals surface area contributed by atoms with Gasteiger partial charge in [0.1, 0.15) is 5.82 Å². The zero-order valence-corrected chi connectivity index (χ0v) is 18.2. The zero-order chi connectivity index (χ0) is 21.8. The number of amides is 4. The Balaban J connectivity index is 1.50. The molecule has 1 atom stereocenters. The van der Waals surface area contributed by atoms with Crippen LogP contribution in [-0.2, 0) is 16.0 Å². The van der Waals surface area contributed by atoms with Crippen molar-refractivity contribution in [2.75, 3.05) is 18.8 Å². The molecular weight excluding hydrogens is 416 g/mol. The van der Waals surface area contributed by atoms with Crippen LogP contribution in [0, 0.1) is 5.92 Å². The lowest BCUT2D eigenvalue weighted by atomic mass is 9.99. The molecule has 3 heterocycles. The Morgan fingerprint density at radius 3 is 2.61 bits per heavy atom. The predicted octanol–water partition coefficient (Wildman–Crippen LogP) is 1.76. The van der Waals surface area contributed by atoms with Crippen LogP contribution < -0.4 is 10.6 Å². The molecule has 2 fully saturated rings. The fourth-order valence-electron chi connectivity index (χ4n) is 3.86. The summed E-state index contributed by atoms with van der Waals surface area (Å²) in [4.78, 5) is 38.0. The molecule has 2 aromatic rings. The van der Waals surface area contributed by atoms with Crippen molar-refractivity contribution < 1.29 is 14.4 Å². The second-order valence-corrected chi connectivity index (χ2v) is 8.99. The van der Waals surface area contributed by atoms with Gasteiger partial charge in [-0.25, -0.2) is 4.79 Å². The van der Waals surface area contributed by atoms with E-state index in [1.165, 1.54) is 11.8 Å². The lowest BCUT2D eigenvalue weighted by Crippen LogP contribution is -2.53. The van der Waals surface area contributed by atoms with Gasteiger partial charge in [-0.05, 0) is 30.9 Å². The van der Waals surface area contributed by atoms with Gasteiger partial charge in [0.2, 0.25) is 11.8 Å². The number of rotatable bonds is 6. The maximum absolute atomic E-state index is 12.7. The molecule has 0 bridgehead atoms. The minimum absolute atomic E-state index is 0.109. The molecule has 1 unspecified atom stereocenters. The smallest absolute Gasteiger partial charge is 0.321 e. The van der Waals surface area contributed by atoms with Gasteiger partial charge in [-0.2, -0.15) is 0 Å². The van der Waals surface area contributed by atoms with Crippen molar-refractivity contribution in [3.63, 3.8) is 0 Å². The quantitative estimate of drug-likeness (QED) is 0.660. The Morgan fingerprint density at radius 2 is 1.90 bits per heavy atom. The third-order valence-electron chi connectivity index (χ3n) is 5.62. The molecule has 10 heteroatoms. The lowest BCUT2D eigenvalue weighted by Gasteiger charge is -2.30. The van der Waals surface area contributed by atoms with Gasteiger partial charge in [-0.3, -0.25) is 19.5 Å². The molecule has 0 radical (unpaired) electrons. The molecule has 31 heavy (non-hydrogen) atoms. The van der Waals surface area contributed by atoms with Crippen molar-refractivity contribution >= 4 is 29.6 Å². The number of urea groups is 1. The second kappa shape index (κ2) is 9.51. The SMILES string of the molecule is CC1CCN(C(=O)CSc2nnc(CC3CC(=O)NC(=O)N3)n2-c2ccccc2)CC1. The normalized spacial score (nSPS) is 19.8. The highest BCUT2D eigenvalue weighted by Crippen LogP contribution is 2.24. The molecule has 2 aliphatic rings. The van der Waals surface area contributed by atoms with E-state index in [2.05, 4.69) is 27.8 Å². The maximum atomic E-state index is 12.7. The van der Waals surface area contributed by atoms with Crippen molar-refractivity contribution in [2.24, 2.45) is 5.92 Å². The van der Waals surface area contributed by atoms with Gasteiger partial charge in [0, 0.05) is 37.7 Å². The van der Waals surface area contributed by atoms with Crippen LogP contribution in [0.4, 0.5) is 4.79 Å². The summed E-state index contributed by atoms with van der Waals surface area (Å²) in [7, 11) is 0. The number of carbonyl (C=O) groups excluding carboxylic acids is 3. The van der Waals surface area contributed by atoms with Crippen molar-refractivity contribution in [3.05, 3.63) is 36.2 Å². The second-order valence-electron chi connectivity index (χ2n) is 8.05. The average molecular weight is 443 g/mol. The van der Waals surface area contributed by atoms with Gasteiger partial charge < -0.3 is 10.2 Å². The van der Waals surface area contributed by atoms with Crippen LogP contribution >= 0.6 is 11.8 Å². The van der Waals surface area contributed by atoms with Gasteiger partial charge in [0.05, 0.1) is 5.75 Å². The number of imide groups is 1. The number of hydrogen-bond acceptors (Lipinski definition) is 6. The van der Waals surface area contributed by atoms with Crippen molar-refractivity contribution in [1.29, 1.82) is 0 Å². The monoisotopic (exact) mass is 442 g/mol. The molecule has 1 aromatic heterocycles. The average Bonchev–Trinajstić information content (AvgIpc) is 3.14. The molecule has 0 spiro atoms. The zero-order valence-electron chi connectivity index (χ0n) is 17.4. The van der Waals surface area contributed by atoms with E-state index in [1.807, 2.05) is 39.8 Å². The standard InChI is InChI=1S/C21H26N6O3S/c1-14-7-9-26(10-8-14)19(29)13-31-21-25-24-17(27(21)16-5-3-2-4-6-16)11-15-12-18(28)23-20(30)22-15/h2-6,14-15H,7-13H2,1H3,(H2,22,23,28,30). The first-order chi connectivity index (χ1) is 15.0. The molecular formula is C21H26N6O3S. The van der Waals surface area contributed by atoms with Crippen LogP contribution in [0.15, 0.2) is 35.5 Å². The van der Waals surface area contributed by atoms with Gasteiger partial charge in [-0.15, -0.1) is 10.2 Å². The number of hydrogen-bond donors (Lipinski definition) is 2. The predicted molar refractivity (Wildman–Crippen MR) is 116 cm³/mol. The minimum Gasteiger partial charge on any atom is -0.342 e. The summed E-state index contributed by atoms with van der Waals surface area (Å²) in [5.41, 5.74) is 0.871. The summed E-state index contributed by atoms with van der Waals surface area (Å²) < 4.78 is 1.90. The summed E-state index contributed by atoms with van der Waals surface area (Å²) in [6, 6.07) is 8.79. The summed E-state index contributed by atoms with van der Waals surface area (Å²) >= 11 is 1.36. The fourth-order valence-corrected chi connectivity index (χ4v) is 4.73. The molecule has 2 N–H and O–H groups in total. The highest BCUT2D eigenvalue weighted by Gasteiger charge is 2.27. The third kappa shape index (κ3) is 5.25. The lowest BCUT2D eigenvalue weighted by molar-refractivity contribution is -0.129. The maximum Gasteiger partial charge on any atom is 0.321 e. The first-order valence-corrected chi connectivity index (χ1v) is 11.5. The molecule has 9 nitrogen and oxygen atoms in total. The summed E-state index contributed by atoms with van der Waals surface area (Å²) in [5, 5.41) is 14.3. The Labute approximate surface area is 185 Å². The van der Waals surface area contributed by atoms with E-state index >= 15 is 0 Å². The van der Waals surface area contributed by atoms with Gasteiger partial charge in [-0.1, -0.05) is 36.9 Å². The molecule has 1 aromatic carbocycles. The molecule has 2 saturated heterocycles. The number of nitrogens with one attached hydrogen (secondary N) is 2. The Morgan fingerprint density at radius 1 is 1.16 bits per heavy atom. The minimum atomic E-state index is -0.497. The van der Waals surface area contributed by atoms with Crippen LogP contribution in [0.25, 0.3) is 5.69 Å². The third-order valence-corrected chi connectivity index (χ3v) is 6.54. The van der Waals surface area contributed by atoms with E-state index in [4.69, 9.17) is 0 Å². The van der Waals surface area contributed by atoms with Crippen LogP contribution in [0.1, 0.15) is 32.0 Å². The molecule has 0 aliphatic carbocycles. The van der Waals surface area contributed by atoms with E-state index in [0.717, 1.165) is 31.6 Å². The van der Waals surface area contributed by atoms with Gasteiger partial charge in [0.25, 0.3) is 0 Å². The van der Waals surface area contributed by atoms with E-state index < -0.39 is 6.03 Å². The first-order valence-electron chi connectivity index (χ1n) is 10.5. The molecule has 2 aliphatic heterocycles. The van der Waals surface area contributed by atoms with Crippen LogP contribution in [0.5, 0.6) is 0 Å². The molecule has 0 saturated carbocycles.